The highest BCUT2D eigenvalue weighted by Gasteiger charge is 2.04. The molecule has 16 heavy (non-hydrogen) atoms. The van der Waals surface area contributed by atoms with Crippen LogP contribution in [-0.4, -0.2) is 19.1 Å². The number of anilines is 2. The minimum absolute atomic E-state index is 0.224. The highest BCUT2D eigenvalue weighted by Crippen LogP contribution is 2.15. The van der Waals surface area contributed by atoms with Crippen molar-refractivity contribution in [2.24, 2.45) is 0 Å². The SMILES string of the molecule is CCOCCC(=O)Nc1cc(N)cc(F)c1. The van der Waals surface area contributed by atoms with E-state index in [1.807, 2.05) is 6.92 Å². The van der Waals surface area contributed by atoms with Crippen molar-refractivity contribution in [1.82, 2.24) is 0 Å². The normalized spacial score (nSPS) is 10.1. The molecule has 0 aliphatic heterocycles. The molecule has 0 aliphatic rings. The Morgan fingerprint density at radius 1 is 1.50 bits per heavy atom. The number of nitrogens with one attached hydrogen (secondary N) is 1. The molecule has 3 N–H and O–H groups in total. The summed E-state index contributed by atoms with van der Waals surface area (Å²) in [6.45, 7) is 2.78. The number of hydrogen-bond acceptors (Lipinski definition) is 3. The second-order valence-electron chi connectivity index (χ2n) is 3.27. The van der Waals surface area contributed by atoms with Gasteiger partial charge in [0, 0.05) is 18.0 Å². The lowest BCUT2D eigenvalue weighted by molar-refractivity contribution is -0.117. The molecule has 1 aromatic carbocycles. The third kappa shape index (κ3) is 4.27. The van der Waals surface area contributed by atoms with Gasteiger partial charge < -0.3 is 15.8 Å². The van der Waals surface area contributed by atoms with Gasteiger partial charge in [0.1, 0.15) is 5.82 Å². The minimum Gasteiger partial charge on any atom is -0.399 e. The van der Waals surface area contributed by atoms with Crippen LogP contribution in [0.15, 0.2) is 18.2 Å². The predicted octanol–water partition coefficient (Wildman–Crippen LogP) is 1.77. The predicted molar refractivity (Wildman–Crippen MR) is 60.6 cm³/mol. The van der Waals surface area contributed by atoms with Crippen molar-refractivity contribution in [1.29, 1.82) is 0 Å². The lowest BCUT2D eigenvalue weighted by Gasteiger charge is -2.06. The Morgan fingerprint density at radius 3 is 2.88 bits per heavy atom. The van der Waals surface area contributed by atoms with E-state index in [2.05, 4.69) is 5.32 Å². The topological polar surface area (TPSA) is 64.3 Å². The molecule has 1 amide bonds. The van der Waals surface area contributed by atoms with Gasteiger partial charge in [-0.25, -0.2) is 4.39 Å². The van der Waals surface area contributed by atoms with Crippen molar-refractivity contribution < 1.29 is 13.9 Å². The summed E-state index contributed by atoms with van der Waals surface area (Å²) >= 11 is 0. The quantitative estimate of drug-likeness (QED) is 0.594. The van der Waals surface area contributed by atoms with Crippen LogP contribution < -0.4 is 11.1 Å². The zero-order valence-corrected chi connectivity index (χ0v) is 9.13. The van der Waals surface area contributed by atoms with Crippen LogP contribution >= 0.6 is 0 Å². The van der Waals surface area contributed by atoms with Crippen LogP contribution in [0.5, 0.6) is 0 Å². The average molecular weight is 226 g/mol. The average Bonchev–Trinajstić information content (AvgIpc) is 2.16. The van der Waals surface area contributed by atoms with Crippen molar-refractivity contribution in [2.45, 2.75) is 13.3 Å². The number of halogens is 1. The summed E-state index contributed by atoms with van der Waals surface area (Å²) in [6, 6.07) is 3.91. The van der Waals surface area contributed by atoms with Crippen molar-refractivity contribution in [3.8, 4) is 0 Å². The van der Waals surface area contributed by atoms with Crippen molar-refractivity contribution >= 4 is 17.3 Å². The standard InChI is InChI=1S/C11H15FN2O2/c1-2-16-4-3-11(15)14-10-6-8(12)5-9(13)7-10/h5-7H,2-4,13H2,1H3,(H,14,15). The van der Waals surface area contributed by atoms with E-state index in [9.17, 15) is 9.18 Å². The van der Waals surface area contributed by atoms with Crippen molar-refractivity contribution in [2.75, 3.05) is 24.3 Å². The van der Waals surface area contributed by atoms with Crippen molar-refractivity contribution in [3.63, 3.8) is 0 Å². The van der Waals surface area contributed by atoms with Gasteiger partial charge in [0.05, 0.1) is 13.0 Å². The number of hydrogen-bond donors (Lipinski definition) is 2. The molecule has 88 valence electrons. The number of nitrogens with two attached hydrogens (primary N) is 1. The van der Waals surface area contributed by atoms with Gasteiger partial charge in [0.15, 0.2) is 0 Å². The van der Waals surface area contributed by atoms with Gasteiger partial charge in [0.25, 0.3) is 0 Å². The Kier molecular flexibility index (Phi) is 4.72. The Hall–Kier alpha value is -1.62. The Balaban J connectivity index is 2.49. The van der Waals surface area contributed by atoms with Gasteiger partial charge >= 0.3 is 0 Å². The van der Waals surface area contributed by atoms with Gasteiger partial charge in [-0.15, -0.1) is 0 Å². The van der Waals surface area contributed by atoms with Crippen LogP contribution in [0.3, 0.4) is 0 Å². The molecule has 5 heteroatoms. The van der Waals surface area contributed by atoms with E-state index < -0.39 is 5.82 Å². The Labute approximate surface area is 93.6 Å². The van der Waals surface area contributed by atoms with Crippen LogP contribution in [0.1, 0.15) is 13.3 Å². The van der Waals surface area contributed by atoms with Crippen LogP contribution in [0.2, 0.25) is 0 Å². The van der Waals surface area contributed by atoms with Crippen LogP contribution in [0.4, 0.5) is 15.8 Å². The first kappa shape index (κ1) is 12.4. The molecule has 0 fully saturated rings. The van der Waals surface area contributed by atoms with E-state index >= 15 is 0 Å². The molecule has 0 spiro atoms. The summed E-state index contributed by atoms with van der Waals surface area (Å²) in [7, 11) is 0. The third-order valence-electron chi connectivity index (χ3n) is 1.88. The first-order chi connectivity index (χ1) is 7.61. The van der Waals surface area contributed by atoms with E-state index in [4.69, 9.17) is 10.5 Å². The molecule has 0 aromatic heterocycles. The fraction of sp³-hybridized carbons (Fsp3) is 0.364. The van der Waals surface area contributed by atoms with E-state index in [0.29, 0.717) is 18.9 Å². The van der Waals surface area contributed by atoms with Gasteiger partial charge in [-0.1, -0.05) is 0 Å². The second-order valence-corrected chi connectivity index (χ2v) is 3.27. The summed E-state index contributed by atoms with van der Waals surface area (Å²) in [5.41, 5.74) is 6.08. The molecular weight excluding hydrogens is 211 g/mol. The smallest absolute Gasteiger partial charge is 0.226 e. The zero-order valence-electron chi connectivity index (χ0n) is 9.13. The van der Waals surface area contributed by atoms with E-state index in [0.717, 1.165) is 0 Å². The fourth-order valence-corrected chi connectivity index (χ4v) is 1.22. The van der Waals surface area contributed by atoms with Gasteiger partial charge in [-0.2, -0.15) is 0 Å². The number of amides is 1. The minimum atomic E-state index is -0.472. The van der Waals surface area contributed by atoms with E-state index in [-0.39, 0.29) is 18.0 Å². The summed E-state index contributed by atoms with van der Waals surface area (Å²) in [6.07, 6.45) is 0.240. The van der Waals surface area contributed by atoms with Crippen LogP contribution in [-0.2, 0) is 9.53 Å². The lowest BCUT2D eigenvalue weighted by atomic mass is 10.2. The molecule has 1 aromatic rings. The van der Waals surface area contributed by atoms with Gasteiger partial charge in [0.2, 0.25) is 5.91 Å². The number of benzene rings is 1. The molecule has 0 radical (unpaired) electrons. The fourth-order valence-electron chi connectivity index (χ4n) is 1.22. The largest absolute Gasteiger partial charge is 0.399 e. The van der Waals surface area contributed by atoms with Crippen molar-refractivity contribution in [3.05, 3.63) is 24.0 Å². The number of nitrogen functional groups attached to an aromatic ring is 1. The summed E-state index contributed by atoms with van der Waals surface area (Å²) < 4.78 is 18.0. The van der Waals surface area contributed by atoms with Gasteiger partial charge in [-0.05, 0) is 25.1 Å². The molecular formula is C11H15FN2O2. The first-order valence-corrected chi connectivity index (χ1v) is 5.05. The summed E-state index contributed by atoms with van der Waals surface area (Å²) in [5.74, 6) is -0.696. The summed E-state index contributed by atoms with van der Waals surface area (Å²) in [5, 5.41) is 2.54. The van der Waals surface area contributed by atoms with Crippen LogP contribution in [0, 0.1) is 5.82 Å². The molecule has 0 atom stereocenters. The number of carbonyl (C=O) groups is 1. The maximum atomic E-state index is 12.9. The first-order valence-electron chi connectivity index (χ1n) is 5.05. The molecule has 0 heterocycles. The number of carbonyl (C=O) groups excluding carboxylic acids is 1. The molecule has 1 rings (SSSR count). The Morgan fingerprint density at radius 2 is 2.25 bits per heavy atom. The number of rotatable bonds is 5. The van der Waals surface area contributed by atoms with E-state index in [1.54, 1.807) is 0 Å². The maximum absolute atomic E-state index is 12.9. The molecule has 0 unspecified atom stereocenters. The number of ether oxygens (including phenoxy) is 1. The lowest BCUT2D eigenvalue weighted by Crippen LogP contribution is -2.14. The van der Waals surface area contributed by atoms with Gasteiger partial charge in [-0.3, -0.25) is 4.79 Å². The highest BCUT2D eigenvalue weighted by atomic mass is 19.1. The molecule has 0 aliphatic carbocycles. The summed E-state index contributed by atoms with van der Waals surface area (Å²) in [4.78, 5) is 11.4. The molecule has 0 bridgehead atoms. The van der Waals surface area contributed by atoms with E-state index in [1.165, 1.54) is 18.2 Å². The zero-order chi connectivity index (χ0) is 12.0. The monoisotopic (exact) mass is 226 g/mol. The molecule has 0 saturated heterocycles. The molecule has 0 saturated carbocycles. The van der Waals surface area contributed by atoms with Crippen LogP contribution in [0.25, 0.3) is 0 Å². The second kappa shape index (κ2) is 6.07. The molecule has 4 nitrogen and oxygen atoms in total. The maximum Gasteiger partial charge on any atom is 0.226 e. The highest BCUT2D eigenvalue weighted by molar-refractivity contribution is 5.91. The Bertz CT molecular complexity index is 349. The third-order valence-corrected chi connectivity index (χ3v) is 1.88.